The fourth-order valence-corrected chi connectivity index (χ4v) is 3.59. The number of carbonyl (C=O) groups is 3. The zero-order valence-corrected chi connectivity index (χ0v) is 21.9. The third-order valence-electron chi connectivity index (χ3n) is 5.46. The first kappa shape index (κ1) is 31.3. The Balaban J connectivity index is 1.80. The van der Waals surface area contributed by atoms with Crippen LogP contribution in [-0.4, -0.2) is 48.1 Å². The van der Waals surface area contributed by atoms with E-state index in [9.17, 15) is 36.3 Å². The number of rotatable bonds is 10. The van der Waals surface area contributed by atoms with Gasteiger partial charge in [-0.05, 0) is 55.0 Å². The highest BCUT2D eigenvalue weighted by atomic mass is 35.5. The van der Waals surface area contributed by atoms with Gasteiger partial charge in [0.25, 0.3) is 24.1 Å². The predicted molar refractivity (Wildman–Crippen MR) is 140 cm³/mol. The number of aryl methyl sites for hydroxylation is 1. The maximum atomic E-state index is 13.0. The van der Waals surface area contributed by atoms with Gasteiger partial charge in [-0.25, -0.2) is 8.78 Å². The maximum absolute atomic E-state index is 13.0. The summed E-state index contributed by atoms with van der Waals surface area (Å²) in [6.45, 7) is 0.419. The summed E-state index contributed by atoms with van der Waals surface area (Å²) in [5.74, 6) is -3.33. The summed E-state index contributed by atoms with van der Waals surface area (Å²) in [4.78, 5) is 37.5. The second kappa shape index (κ2) is 13.4. The highest BCUT2D eigenvalue weighted by molar-refractivity contribution is 6.34. The van der Waals surface area contributed by atoms with Gasteiger partial charge in [0.15, 0.2) is 0 Å². The molecule has 0 aliphatic heterocycles. The first-order valence-electron chi connectivity index (χ1n) is 11.8. The van der Waals surface area contributed by atoms with Gasteiger partial charge < -0.3 is 25.8 Å². The van der Waals surface area contributed by atoms with Crippen LogP contribution in [0.15, 0.2) is 60.7 Å². The van der Waals surface area contributed by atoms with Crippen LogP contribution < -0.4 is 20.7 Å². The molecule has 0 spiro atoms. The molecule has 0 saturated carbocycles. The van der Waals surface area contributed by atoms with Crippen molar-refractivity contribution in [2.24, 2.45) is 0 Å². The number of amides is 3. The van der Waals surface area contributed by atoms with Gasteiger partial charge in [0.2, 0.25) is 6.10 Å². The SMILES string of the molecule is Cc1ccc(NC(=O)c2cc(NC(=O)c3cc(CNC(=O)C(O)C(F)(F)F)ccc3Cl)ccc2OCC(F)F)cc1. The van der Waals surface area contributed by atoms with Gasteiger partial charge in [0, 0.05) is 17.9 Å². The number of alkyl halides is 5. The number of ether oxygens (including phenoxy) is 1. The molecule has 0 bridgehead atoms. The Morgan fingerprint density at radius 2 is 1.51 bits per heavy atom. The number of hydrogen-bond acceptors (Lipinski definition) is 5. The Hall–Kier alpha value is -4.23. The van der Waals surface area contributed by atoms with E-state index < -0.39 is 49.6 Å². The molecule has 3 aromatic rings. The highest BCUT2D eigenvalue weighted by Gasteiger charge is 2.43. The number of aliphatic hydroxyl groups excluding tert-OH is 1. The maximum Gasteiger partial charge on any atom is 0.423 e. The summed E-state index contributed by atoms with van der Waals surface area (Å²) in [7, 11) is 0. The number of aliphatic hydroxyl groups is 1. The minimum Gasteiger partial charge on any atom is -0.487 e. The zero-order chi connectivity index (χ0) is 30.3. The average molecular weight is 600 g/mol. The van der Waals surface area contributed by atoms with Crippen molar-refractivity contribution >= 4 is 40.7 Å². The van der Waals surface area contributed by atoms with Crippen molar-refractivity contribution in [2.45, 2.75) is 32.2 Å². The highest BCUT2D eigenvalue weighted by Crippen LogP contribution is 2.27. The monoisotopic (exact) mass is 599 g/mol. The Bertz CT molecular complexity index is 1420. The molecule has 218 valence electrons. The summed E-state index contributed by atoms with van der Waals surface area (Å²) in [6.07, 6.45) is -11.2. The Morgan fingerprint density at radius 3 is 2.15 bits per heavy atom. The number of halogens is 6. The molecular weight excluding hydrogens is 577 g/mol. The standard InChI is InChI=1S/C27H23ClF5N3O5/c1-14-2-5-16(6-3-14)35-25(39)19-11-17(7-9-21(19)41-13-22(29)30)36-24(38)18-10-15(4-8-20(18)28)12-34-26(40)23(37)27(31,32)33/h2-11,22-23,37H,12-13H2,1H3,(H,34,40)(H,35,39)(H,36,38). The molecule has 0 saturated heterocycles. The van der Waals surface area contributed by atoms with Gasteiger partial charge in [-0.2, -0.15) is 13.2 Å². The first-order valence-corrected chi connectivity index (χ1v) is 12.2. The molecule has 8 nitrogen and oxygen atoms in total. The topological polar surface area (TPSA) is 117 Å². The van der Waals surface area contributed by atoms with Crippen LogP contribution in [0.5, 0.6) is 5.75 Å². The van der Waals surface area contributed by atoms with E-state index in [4.69, 9.17) is 21.4 Å². The molecular formula is C27H23ClF5N3O5. The van der Waals surface area contributed by atoms with Crippen molar-refractivity contribution in [1.29, 1.82) is 0 Å². The van der Waals surface area contributed by atoms with E-state index in [1.165, 1.54) is 36.4 Å². The van der Waals surface area contributed by atoms with E-state index in [2.05, 4.69) is 10.6 Å². The summed E-state index contributed by atoms with van der Waals surface area (Å²) in [5, 5.41) is 16.0. The van der Waals surface area contributed by atoms with E-state index >= 15 is 0 Å². The molecule has 0 fully saturated rings. The lowest BCUT2D eigenvalue weighted by molar-refractivity contribution is -0.205. The smallest absolute Gasteiger partial charge is 0.423 e. The van der Waals surface area contributed by atoms with Crippen LogP contribution in [0.2, 0.25) is 5.02 Å². The van der Waals surface area contributed by atoms with Crippen LogP contribution in [0, 0.1) is 6.92 Å². The van der Waals surface area contributed by atoms with E-state index in [1.54, 1.807) is 24.3 Å². The first-order chi connectivity index (χ1) is 19.2. The van der Waals surface area contributed by atoms with Crippen LogP contribution in [0.25, 0.3) is 0 Å². The molecule has 0 aliphatic carbocycles. The molecule has 14 heteroatoms. The summed E-state index contributed by atoms with van der Waals surface area (Å²) < 4.78 is 68.1. The predicted octanol–water partition coefficient (Wildman–Crippen LogP) is 5.34. The molecule has 3 aromatic carbocycles. The van der Waals surface area contributed by atoms with Crippen molar-refractivity contribution in [1.82, 2.24) is 5.32 Å². The van der Waals surface area contributed by atoms with E-state index in [0.29, 0.717) is 5.69 Å². The quantitative estimate of drug-likeness (QED) is 0.235. The minimum absolute atomic E-state index is 0.0397. The summed E-state index contributed by atoms with van der Waals surface area (Å²) in [6, 6.07) is 14.4. The van der Waals surface area contributed by atoms with Gasteiger partial charge in [-0.15, -0.1) is 0 Å². The number of anilines is 2. The third-order valence-corrected chi connectivity index (χ3v) is 5.79. The minimum atomic E-state index is -5.15. The fourth-order valence-electron chi connectivity index (χ4n) is 3.39. The Morgan fingerprint density at radius 1 is 0.902 bits per heavy atom. The third kappa shape index (κ3) is 8.88. The van der Waals surface area contributed by atoms with Crippen LogP contribution in [0.4, 0.5) is 33.3 Å². The Kier molecular flexibility index (Phi) is 10.2. The van der Waals surface area contributed by atoms with Crippen molar-refractivity contribution in [2.75, 3.05) is 17.2 Å². The Labute approximate surface area is 235 Å². The average Bonchev–Trinajstić information content (AvgIpc) is 2.91. The van der Waals surface area contributed by atoms with E-state index in [-0.39, 0.29) is 33.1 Å². The number of nitrogens with one attached hydrogen (secondary N) is 3. The lowest BCUT2D eigenvalue weighted by Crippen LogP contribution is -2.43. The second-order valence-electron chi connectivity index (χ2n) is 8.66. The van der Waals surface area contributed by atoms with Crippen molar-refractivity contribution in [3.63, 3.8) is 0 Å². The fraction of sp³-hybridized carbons (Fsp3) is 0.222. The molecule has 4 N–H and O–H groups in total. The lowest BCUT2D eigenvalue weighted by Gasteiger charge is -2.15. The molecule has 1 atom stereocenters. The van der Waals surface area contributed by atoms with Crippen LogP contribution in [-0.2, 0) is 11.3 Å². The lowest BCUT2D eigenvalue weighted by atomic mass is 10.1. The largest absolute Gasteiger partial charge is 0.487 e. The van der Waals surface area contributed by atoms with E-state index in [0.717, 1.165) is 5.56 Å². The van der Waals surface area contributed by atoms with Crippen molar-refractivity contribution < 1.29 is 46.2 Å². The van der Waals surface area contributed by atoms with Gasteiger partial charge in [-0.3, -0.25) is 14.4 Å². The van der Waals surface area contributed by atoms with Crippen LogP contribution in [0.1, 0.15) is 31.8 Å². The van der Waals surface area contributed by atoms with Gasteiger partial charge in [0.05, 0.1) is 16.1 Å². The van der Waals surface area contributed by atoms with Crippen molar-refractivity contribution in [3.8, 4) is 5.75 Å². The van der Waals surface area contributed by atoms with Crippen molar-refractivity contribution in [3.05, 3.63) is 87.9 Å². The molecule has 0 heterocycles. The van der Waals surface area contributed by atoms with Crippen LogP contribution >= 0.6 is 11.6 Å². The molecule has 3 amide bonds. The second-order valence-corrected chi connectivity index (χ2v) is 9.07. The summed E-state index contributed by atoms with van der Waals surface area (Å²) >= 11 is 6.12. The molecule has 1 unspecified atom stereocenters. The summed E-state index contributed by atoms with van der Waals surface area (Å²) in [5.41, 5.74) is 1.34. The van der Waals surface area contributed by atoms with Gasteiger partial charge in [0.1, 0.15) is 12.4 Å². The zero-order valence-electron chi connectivity index (χ0n) is 21.2. The van der Waals surface area contributed by atoms with Gasteiger partial charge in [-0.1, -0.05) is 35.4 Å². The molecule has 0 radical (unpaired) electrons. The number of hydrogen-bond donors (Lipinski definition) is 4. The number of benzene rings is 3. The molecule has 3 rings (SSSR count). The normalized spacial score (nSPS) is 12.0. The molecule has 0 aromatic heterocycles. The van der Waals surface area contributed by atoms with Gasteiger partial charge >= 0.3 is 6.18 Å². The molecule has 41 heavy (non-hydrogen) atoms. The number of carbonyl (C=O) groups excluding carboxylic acids is 3. The molecule has 0 aliphatic rings. The van der Waals surface area contributed by atoms with E-state index in [1.807, 2.05) is 12.2 Å². The van der Waals surface area contributed by atoms with Crippen LogP contribution in [0.3, 0.4) is 0 Å².